The number of nitrogens with zero attached hydrogens (tertiary/aromatic N) is 1. The van der Waals surface area contributed by atoms with E-state index in [9.17, 15) is 14.7 Å². The molecule has 6 heteroatoms. The van der Waals surface area contributed by atoms with Gasteiger partial charge in [0.15, 0.2) is 0 Å². The zero-order chi connectivity index (χ0) is 15.4. The van der Waals surface area contributed by atoms with Gasteiger partial charge in [-0.25, -0.2) is 4.79 Å². The summed E-state index contributed by atoms with van der Waals surface area (Å²) in [6.07, 6.45) is 2.25. The van der Waals surface area contributed by atoms with Gasteiger partial charge in [-0.2, -0.15) is 0 Å². The van der Waals surface area contributed by atoms with Crippen molar-refractivity contribution in [3.63, 3.8) is 0 Å². The third-order valence-corrected chi connectivity index (χ3v) is 5.17. The molecule has 114 valence electrons. The maximum atomic E-state index is 12.5. The number of hydrogen-bond donors (Lipinski definition) is 1. The number of carboxylic acids is 1. The summed E-state index contributed by atoms with van der Waals surface area (Å²) in [5.74, 6) is -1.05. The van der Waals surface area contributed by atoms with Crippen molar-refractivity contribution in [2.45, 2.75) is 42.4 Å². The van der Waals surface area contributed by atoms with E-state index in [2.05, 4.69) is 0 Å². The van der Waals surface area contributed by atoms with Gasteiger partial charge in [0.25, 0.3) is 0 Å². The first-order valence-corrected chi connectivity index (χ1v) is 8.21. The highest BCUT2D eigenvalue weighted by Gasteiger charge is 2.34. The molecule has 4 nitrogen and oxygen atoms in total. The van der Waals surface area contributed by atoms with Crippen molar-refractivity contribution in [2.75, 3.05) is 6.54 Å². The Balaban J connectivity index is 2.07. The Hall–Kier alpha value is -1.20. The normalized spacial score (nSPS) is 20.1. The first kappa shape index (κ1) is 16.2. The van der Waals surface area contributed by atoms with E-state index in [-0.39, 0.29) is 11.2 Å². The van der Waals surface area contributed by atoms with Crippen LogP contribution in [-0.2, 0) is 9.59 Å². The molecule has 1 amide bonds. The number of aliphatic carboxylic acids is 1. The molecule has 2 rings (SSSR count). The lowest BCUT2D eigenvalue weighted by atomic mass is 10.0. The second-order valence-corrected chi connectivity index (χ2v) is 6.86. The van der Waals surface area contributed by atoms with Crippen molar-refractivity contribution in [3.8, 4) is 0 Å². The van der Waals surface area contributed by atoms with Crippen LogP contribution in [-0.4, -0.2) is 39.7 Å². The summed E-state index contributed by atoms with van der Waals surface area (Å²) in [7, 11) is 0. The third-order valence-electron chi connectivity index (χ3n) is 3.56. The van der Waals surface area contributed by atoms with E-state index in [1.165, 1.54) is 16.7 Å². The van der Waals surface area contributed by atoms with Crippen LogP contribution in [0.3, 0.4) is 0 Å². The lowest BCUT2D eigenvalue weighted by Gasteiger charge is -2.34. The van der Waals surface area contributed by atoms with Gasteiger partial charge in [0, 0.05) is 11.4 Å². The molecular formula is C15H18ClNO3S. The number of halogens is 1. The van der Waals surface area contributed by atoms with E-state index in [0.717, 1.165) is 17.7 Å². The largest absolute Gasteiger partial charge is 0.480 e. The van der Waals surface area contributed by atoms with Gasteiger partial charge in [0.1, 0.15) is 6.04 Å². The highest BCUT2D eigenvalue weighted by atomic mass is 35.5. The van der Waals surface area contributed by atoms with Crippen molar-refractivity contribution in [1.82, 2.24) is 4.90 Å². The fourth-order valence-corrected chi connectivity index (χ4v) is 3.69. The number of piperidine rings is 1. The second kappa shape index (κ2) is 7.18. The van der Waals surface area contributed by atoms with Gasteiger partial charge in [-0.05, 0) is 38.3 Å². The van der Waals surface area contributed by atoms with E-state index < -0.39 is 12.0 Å². The molecule has 0 aromatic heterocycles. The zero-order valence-electron chi connectivity index (χ0n) is 11.8. The Bertz CT molecular complexity index is 537. The minimum Gasteiger partial charge on any atom is -0.480 e. The van der Waals surface area contributed by atoms with Crippen LogP contribution in [0.1, 0.15) is 26.2 Å². The number of carboxylic acid groups (broad SMARTS) is 1. The molecule has 0 bridgehead atoms. The molecule has 1 heterocycles. The van der Waals surface area contributed by atoms with Gasteiger partial charge in [0.2, 0.25) is 5.91 Å². The topological polar surface area (TPSA) is 57.6 Å². The summed E-state index contributed by atoms with van der Waals surface area (Å²) in [4.78, 5) is 26.1. The van der Waals surface area contributed by atoms with E-state index >= 15 is 0 Å². The van der Waals surface area contributed by atoms with E-state index in [1.807, 2.05) is 18.2 Å². The molecule has 0 saturated carbocycles. The average molecular weight is 328 g/mol. The SMILES string of the molecule is CC(Sc1ccccc1Cl)C(=O)N1CCCC[C@@H]1C(=O)O. The fourth-order valence-electron chi connectivity index (χ4n) is 2.47. The number of carbonyl (C=O) groups is 2. The Kier molecular flexibility index (Phi) is 5.53. The van der Waals surface area contributed by atoms with Crippen LogP contribution in [0.4, 0.5) is 0 Å². The standard InChI is InChI=1S/C15H18ClNO3S/c1-10(21-13-8-3-2-6-11(13)16)14(18)17-9-5-4-7-12(17)15(19)20/h2-3,6,8,10,12H,4-5,7,9H2,1H3,(H,19,20)/t10?,12-/m1/s1. The summed E-state index contributed by atoms with van der Waals surface area (Å²) in [5, 5.41) is 9.50. The number of thioether (sulfide) groups is 1. The molecule has 1 aromatic rings. The Morgan fingerprint density at radius 1 is 1.38 bits per heavy atom. The number of carbonyl (C=O) groups excluding carboxylic acids is 1. The van der Waals surface area contributed by atoms with Crippen molar-refractivity contribution in [2.24, 2.45) is 0 Å². The van der Waals surface area contributed by atoms with Crippen molar-refractivity contribution in [1.29, 1.82) is 0 Å². The van der Waals surface area contributed by atoms with Crippen molar-refractivity contribution < 1.29 is 14.7 Å². The van der Waals surface area contributed by atoms with Crippen LogP contribution in [0.5, 0.6) is 0 Å². The molecule has 0 aliphatic carbocycles. The Morgan fingerprint density at radius 2 is 2.10 bits per heavy atom. The number of amides is 1. The summed E-state index contributed by atoms with van der Waals surface area (Å²) >= 11 is 7.47. The quantitative estimate of drug-likeness (QED) is 0.862. The first-order valence-electron chi connectivity index (χ1n) is 6.95. The minimum absolute atomic E-state index is 0.132. The van der Waals surface area contributed by atoms with E-state index in [4.69, 9.17) is 11.6 Å². The number of likely N-dealkylation sites (tertiary alicyclic amines) is 1. The molecule has 1 fully saturated rings. The Morgan fingerprint density at radius 3 is 2.76 bits per heavy atom. The molecule has 1 aromatic carbocycles. The number of hydrogen-bond acceptors (Lipinski definition) is 3. The summed E-state index contributed by atoms with van der Waals surface area (Å²) in [6.45, 7) is 2.31. The zero-order valence-corrected chi connectivity index (χ0v) is 13.4. The fraction of sp³-hybridized carbons (Fsp3) is 0.467. The van der Waals surface area contributed by atoms with E-state index in [1.54, 1.807) is 13.0 Å². The lowest BCUT2D eigenvalue weighted by molar-refractivity contribution is -0.151. The molecule has 0 spiro atoms. The first-order chi connectivity index (χ1) is 10.0. The summed E-state index contributed by atoms with van der Waals surface area (Å²) < 4.78 is 0. The predicted molar refractivity (Wildman–Crippen MR) is 83.8 cm³/mol. The van der Waals surface area contributed by atoms with Crippen LogP contribution in [0.25, 0.3) is 0 Å². The molecule has 2 atom stereocenters. The number of rotatable bonds is 4. The minimum atomic E-state index is -0.919. The molecule has 0 radical (unpaired) electrons. The van der Waals surface area contributed by atoms with Crippen LogP contribution in [0.15, 0.2) is 29.2 Å². The average Bonchev–Trinajstić information content (AvgIpc) is 2.48. The molecule has 1 aliphatic heterocycles. The third kappa shape index (κ3) is 3.92. The maximum absolute atomic E-state index is 12.5. The van der Waals surface area contributed by atoms with Crippen LogP contribution in [0, 0.1) is 0 Å². The van der Waals surface area contributed by atoms with Crippen LogP contribution in [0.2, 0.25) is 5.02 Å². The highest BCUT2D eigenvalue weighted by Crippen LogP contribution is 2.31. The molecule has 1 aliphatic rings. The smallest absolute Gasteiger partial charge is 0.326 e. The van der Waals surface area contributed by atoms with Gasteiger partial charge >= 0.3 is 5.97 Å². The predicted octanol–water partition coefficient (Wildman–Crippen LogP) is 3.29. The van der Waals surface area contributed by atoms with Gasteiger partial charge in [-0.15, -0.1) is 11.8 Å². The highest BCUT2D eigenvalue weighted by molar-refractivity contribution is 8.00. The van der Waals surface area contributed by atoms with Gasteiger partial charge in [0.05, 0.1) is 10.3 Å². The molecule has 1 saturated heterocycles. The summed E-state index contributed by atoms with van der Waals surface area (Å²) in [5.41, 5.74) is 0. The Labute approximate surface area is 133 Å². The molecular weight excluding hydrogens is 310 g/mol. The number of benzene rings is 1. The monoisotopic (exact) mass is 327 g/mol. The van der Waals surface area contributed by atoms with E-state index in [0.29, 0.717) is 18.0 Å². The second-order valence-electron chi connectivity index (χ2n) is 5.07. The van der Waals surface area contributed by atoms with Gasteiger partial charge < -0.3 is 10.0 Å². The maximum Gasteiger partial charge on any atom is 0.326 e. The summed E-state index contributed by atoms with van der Waals surface area (Å²) in [6, 6.07) is 6.65. The molecule has 1 N–H and O–H groups in total. The van der Waals surface area contributed by atoms with Gasteiger partial charge in [-0.3, -0.25) is 4.79 Å². The van der Waals surface area contributed by atoms with Crippen molar-refractivity contribution in [3.05, 3.63) is 29.3 Å². The molecule has 1 unspecified atom stereocenters. The van der Waals surface area contributed by atoms with Crippen LogP contribution >= 0.6 is 23.4 Å². The lowest BCUT2D eigenvalue weighted by Crippen LogP contribution is -2.50. The van der Waals surface area contributed by atoms with Gasteiger partial charge in [-0.1, -0.05) is 23.7 Å². The molecule has 21 heavy (non-hydrogen) atoms. The van der Waals surface area contributed by atoms with Crippen molar-refractivity contribution >= 4 is 35.2 Å². The van der Waals surface area contributed by atoms with Crippen LogP contribution < -0.4 is 0 Å².